The Kier molecular flexibility index (Phi) is 5.48. The lowest BCUT2D eigenvalue weighted by Crippen LogP contribution is -2.28. The van der Waals surface area contributed by atoms with Gasteiger partial charge in [0.25, 0.3) is 5.91 Å². The first-order valence-electron chi connectivity index (χ1n) is 7.86. The van der Waals surface area contributed by atoms with Crippen LogP contribution in [0.4, 0.5) is 4.39 Å². The number of hydrogen-bond donors (Lipinski definition) is 1. The molecule has 1 heterocycles. The molecule has 0 fully saturated rings. The highest BCUT2D eigenvalue weighted by Crippen LogP contribution is 2.32. The van der Waals surface area contributed by atoms with Crippen LogP contribution in [0.5, 0.6) is 11.5 Å². The summed E-state index contributed by atoms with van der Waals surface area (Å²) >= 11 is 0. The van der Waals surface area contributed by atoms with E-state index in [1.807, 2.05) is 0 Å². The Morgan fingerprint density at radius 1 is 1.12 bits per heavy atom. The zero-order valence-electron chi connectivity index (χ0n) is 13.7. The average molecular weight is 357 g/mol. The Labute approximate surface area is 149 Å². The Morgan fingerprint density at radius 3 is 2.69 bits per heavy atom. The number of fused-ring (bicyclic) bond motifs is 1. The van der Waals surface area contributed by atoms with Crippen molar-refractivity contribution < 1.29 is 28.2 Å². The summed E-state index contributed by atoms with van der Waals surface area (Å²) in [4.78, 5) is 23.4. The molecule has 2 aromatic carbocycles. The first-order chi connectivity index (χ1) is 12.6. The number of nitrogens with one attached hydrogen (secondary N) is 1. The Balaban J connectivity index is 1.41. The van der Waals surface area contributed by atoms with E-state index in [0.29, 0.717) is 11.5 Å². The van der Waals surface area contributed by atoms with Crippen LogP contribution in [0, 0.1) is 5.82 Å². The normalized spacial score (nSPS) is 12.2. The smallest absolute Gasteiger partial charge is 0.331 e. The van der Waals surface area contributed by atoms with Gasteiger partial charge in [-0.2, -0.15) is 0 Å². The van der Waals surface area contributed by atoms with Crippen molar-refractivity contribution in [3.8, 4) is 11.5 Å². The van der Waals surface area contributed by atoms with Crippen molar-refractivity contribution in [1.82, 2.24) is 5.32 Å². The van der Waals surface area contributed by atoms with Crippen LogP contribution in [0.3, 0.4) is 0 Å². The molecule has 1 N–H and O–H groups in total. The third kappa shape index (κ3) is 4.83. The highest BCUT2D eigenvalue weighted by atomic mass is 19.1. The Bertz CT molecular complexity index is 832. The lowest BCUT2D eigenvalue weighted by atomic mass is 10.2. The molecule has 6 nitrogen and oxygen atoms in total. The molecular formula is C19H16FNO5. The molecule has 2 aromatic rings. The van der Waals surface area contributed by atoms with Gasteiger partial charge in [-0.05, 0) is 41.5 Å². The second-order valence-corrected chi connectivity index (χ2v) is 5.46. The van der Waals surface area contributed by atoms with Gasteiger partial charge in [-0.25, -0.2) is 9.18 Å². The van der Waals surface area contributed by atoms with Crippen LogP contribution in [0.1, 0.15) is 11.1 Å². The molecule has 0 bridgehead atoms. The van der Waals surface area contributed by atoms with Crippen LogP contribution in [-0.4, -0.2) is 25.3 Å². The number of carbonyl (C=O) groups is 2. The topological polar surface area (TPSA) is 73.9 Å². The van der Waals surface area contributed by atoms with Crippen molar-refractivity contribution in [1.29, 1.82) is 0 Å². The molecule has 0 aromatic heterocycles. The largest absolute Gasteiger partial charge is 0.454 e. The molecule has 0 radical (unpaired) electrons. The molecule has 0 aliphatic carbocycles. The fraction of sp³-hybridized carbons (Fsp3) is 0.158. The van der Waals surface area contributed by atoms with Crippen LogP contribution >= 0.6 is 0 Å². The summed E-state index contributed by atoms with van der Waals surface area (Å²) in [6.07, 6.45) is 2.78. The fourth-order valence-electron chi connectivity index (χ4n) is 2.22. The molecule has 0 atom stereocenters. The number of ether oxygens (including phenoxy) is 3. The van der Waals surface area contributed by atoms with E-state index in [1.165, 1.54) is 18.2 Å². The van der Waals surface area contributed by atoms with Crippen molar-refractivity contribution in [2.45, 2.75) is 6.54 Å². The lowest BCUT2D eigenvalue weighted by molar-refractivity contribution is -0.143. The van der Waals surface area contributed by atoms with Crippen molar-refractivity contribution in [3.63, 3.8) is 0 Å². The van der Waals surface area contributed by atoms with Gasteiger partial charge in [0.2, 0.25) is 6.79 Å². The maximum absolute atomic E-state index is 12.8. The lowest BCUT2D eigenvalue weighted by Gasteiger charge is -2.05. The number of esters is 1. The van der Waals surface area contributed by atoms with E-state index >= 15 is 0 Å². The van der Waals surface area contributed by atoms with Gasteiger partial charge < -0.3 is 19.5 Å². The van der Waals surface area contributed by atoms with Crippen LogP contribution in [-0.2, 0) is 20.9 Å². The van der Waals surface area contributed by atoms with E-state index in [9.17, 15) is 14.0 Å². The van der Waals surface area contributed by atoms with Gasteiger partial charge in [0, 0.05) is 12.6 Å². The maximum atomic E-state index is 12.8. The summed E-state index contributed by atoms with van der Waals surface area (Å²) in [6, 6.07) is 11.0. The van der Waals surface area contributed by atoms with Gasteiger partial charge in [0.15, 0.2) is 18.1 Å². The molecule has 1 amide bonds. The standard InChI is InChI=1S/C19H16FNO5/c20-15-5-1-14(2-6-15)10-21-18(22)11-24-19(23)8-4-13-3-7-16-17(9-13)26-12-25-16/h1-9H,10-12H2,(H,21,22)/b8-4+. The summed E-state index contributed by atoms with van der Waals surface area (Å²) in [5.41, 5.74) is 1.49. The zero-order chi connectivity index (χ0) is 18.4. The van der Waals surface area contributed by atoms with Gasteiger partial charge >= 0.3 is 5.97 Å². The number of benzene rings is 2. The SMILES string of the molecule is O=C(COC(=O)/C=C/c1ccc2c(c1)OCO2)NCc1ccc(F)cc1. The number of hydrogen-bond acceptors (Lipinski definition) is 5. The van der Waals surface area contributed by atoms with Crippen LogP contribution in [0.25, 0.3) is 6.08 Å². The third-order valence-electron chi connectivity index (χ3n) is 3.56. The number of halogens is 1. The van der Waals surface area contributed by atoms with Gasteiger partial charge in [-0.1, -0.05) is 18.2 Å². The quantitative estimate of drug-likeness (QED) is 0.635. The van der Waals surface area contributed by atoms with E-state index in [4.69, 9.17) is 14.2 Å². The monoisotopic (exact) mass is 357 g/mol. The summed E-state index contributed by atoms with van der Waals surface area (Å²) < 4.78 is 28.1. The molecule has 0 unspecified atom stereocenters. The maximum Gasteiger partial charge on any atom is 0.331 e. The zero-order valence-corrected chi connectivity index (χ0v) is 13.7. The van der Waals surface area contributed by atoms with E-state index in [1.54, 1.807) is 36.4 Å². The molecule has 26 heavy (non-hydrogen) atoms. The minimum Gasteiger partial charge on any atom is -0.454 e. The average Bonchev–Trinajstić information content (AvgIpc) is 3.12. The molecule has 1 aliphatic heterocycles. The predicted molar refractivity (Wildman–Crippen MR) is 90.8 cm³/mol. The molecule has 0 saturated carbocycles. The van der Waals surface area contributed by atoms with Gasteiger partial charge in [0.05, 0.1) is 0 Å². The van der Waals surface area contributed by atoms with Crippen LogP contribution in [0.15, 0.2) is 48.5 Å². The van der Waals surface area contributed by atoms with E-state index in [2.05, 4.69) is 5.32 Å². The predicted octanol–water partition coefficient (Wildman–Crippen LogP) is 2.43. The Hall–Kier alpha value is -3.35. The molecule has 0 saturated heterocycles. The highest BCUT2D eigenvalue weighted by molar-refractivity contribution is 5.89. The summed E-state index contributed by atoms with van der Waals surface area (Å²) in [5.74, 6) is -0.162. The molecule has 7 heteroatoms. The van der Waals surface area contributed by atoms with Crippen LogP contribution < -0.4 is 14.8 Å². The van der Waals surface area contributed by atoms with Gasteiger partial charge in [0.1, 0.15) is 5.82 Å². The van der Waals surface area contributed by atoms with Crippen molar-refractivity contribution in [2.75, 3.05) is 13.4 Å². The highest BCUT2D eigenvalue weighted by Gasteiger charge is 2.12. The van der Waals surface area contributed by atoms with Gasteiger partial charge in [-0.3, -0.25) is 4.79 Å². The second-order valence-electron chi connectivity index (χ2n) is 5.46. The molecule has 1 aliphatic rings. The third-order valence-corrected chi connectivity index (χ3v) is 3.56. The Morgan fingerprint density at radius 2 is 1.88 bits per heavy atom. The summed E-state index contributed by atoms with van der Waals surface area (Å²) in [5, 5.41) is 2.58. The first-order valence-corrected chi connectivity index (χ1v) is 7.86. The molecule has 0 spiro atoms. The fourth-order valence-corrected chi connectivity index (χ4v) is 2.22. The summed E-state index contributed by atoms with van der Waals surface area (Å²) in [7, 11) is 0. The number of rotatable bonds is 6. The van der Waals surface area contributed by atoms with Crippen molar-refractivity contribution in [3.05, 3.63) is 65.5 Å². The summed E-state index contributed by atoms with van der Waals surface area (Å²) in [6.45, 7) is 0.00673. The van der Waals surface area contributed by atoms with Crippen LogP contribution in [0.2, 0.25) is 0 Å². The van der Waals surface area contributed by atoms with Crippen molar-refractivity contribution in [2.24, 2.45) is 0 Å². The number of carbonyl (C=O) groups excluding carboxylic acids is 2. The van der Waals surface area contributed by atoms with E-state index in [0.717, 1.165) is 11.1 Å². The minimum absolute atomic E-state index is 0.178. The molecule has 3 rings (SSSR count). The minimum atomic E-state index is -0.639. The molecule has 134 valence electrons. The molecular weight excluding hydrogens is 341 g/mol. The van der Waals surface area contributed by atoms with Gasteiger partial charge in [-0.15, -0.1) is 0 Å². The van der Waals surface area contributed by atoms with E-state index < -0.39 is 18.5 Å². The number of amides is 1. The van der Waals surface area contributed by atoms with Crippen molar-refractivity contribution >= 4 is 18.0 Å². The second kappa shape index (κ2) is 8.15. The van der Waals surface area contributed by atoms with E-state index in [-0.39, 0.29) is 19.2 Å². The first kappa shape index (κ1) is 17.5.